The number of nitrogens with two attached hydrogens (primary N) is 1. The van der Waals surface area contributed by atoms with Crippen LogP contribution in [0.25, 0.3) is 27.8 Å². The lowest BCUT2D eigenvalue weighted by Crippen LogP contribution is -2.10. The number of anilines is 1. The second-order valence-electron chi connectivity index (χ2n) is 7.94. The molecule has 172 valence electrons. The van der Waals surface area contributed by atoms with Crippen LogP contribution in [0.3, 0.4) is 0 Å². The Morgan fingerprint density at radius 1 is 1.18 bits per heavy atom. The van der Waals surface area contributed by atoms with Crippen molar-refractivity contribution in [2.24, 2.45) is 0 Å². The predicted octanol–water partition coefficient (Wildman–Crippen LogP) is 4.97. The average Bonchev–Trinajstić information content (AvgIpc) is 3.39. The monoisotopic (exact) mass is 475 g/mol. The van der Waals surface area contributed by atoms with E-state index in [2.05, 4.69) is 15.0 Å². The first kappa shape index (κ1) is 21.9. The highest BCUT2D eigenvalue weighted by molar-refractivity contribution is 6.35. The van der Waals surface area contributed by atoms with E-state index < -0.39 is 0 Å². The highest BCUT2D eigenvalue weighted by Crippen LogP contribution is 2.36. The zero-order chi connectivity index (χ0) is 24.0. The molecule has 0 amide bonds. The molecule has 0 radical (unpaired) electrons. The minimum absolute atomic E-state index is 0.109. The van der Waals surface area contributed by atoms with Gasteiger partial charge >= 0.3 is 0 Å². The van der Waals surface area contributed by atoms with Crippen molar-refractivity contribution < 1.29 is 14.3 Å². The maximum Gasteiger partial charge on any atom is 0.215 e. The van der Waals surface area contributed by atoms with Crippen LogP contribution >= 0.6 is 11.6 Å². The Morgan fingerprint density at radius 3 is 2.74 bits per heavy atom. The van der Waals surface area contributed by atoms with Crippen molar-refractivity contribution in [3.8, 4) is 11.4 Å². The molecular weight excluding hydrogens is 454 g/mol. The number of hydrogen-bond donors (Lipinski definition) is 2. The zero-order valence-electron chi connectivity index (χ0n) is 18.8. The molecule has 34 heavy (non-hydrogen) atoms. The Morgan fingerprint density at radius 2 is 1.97 bits per heavy atom. The molecule has 3 aromatic heterocycles. The fraction of sp³-hybridized carbons (Fsp3) is 0.160. The molecule has 9 heteroatoms. The van der Waals surface area contributed by atoms with Crippen LogP contribution < -0.4 is 10.5 Å². The average molecular weight is 476 g/mol. The van der Waals surface area contributed by atoms with Gasteiger partial charge in [0.15, 0.2) is 12.4 Å². The van der Waals surface area contributed by atoms with E-state index in [0.717, 1.165) is 27.7 Å². The van der Waals surface area contributed by atoms with Gasteiger partial charge in [0.05, 0.1) is 16.9 Å². The fourth-order valence-electron chi connectivity index (χ4n) is 4.28. The van der Waals surface area contributed by atoms with Gasteiger partial charge in [-0.2, -0.15) is 0 Å². The second kappa shape index (κ2) is 8.48. The lowest BCUT2D eigenvalue weighted by atomic mass is 10.1. The number of halogens is 1. The molecule has 0 aliphatic rings. The number of benzene rings is 2. The van der Waals surface area contributed by atoms with Crippen LogP contribution in [0.5, 0.6) is 5.75 Å². The van der Waals surface area contributed by atoms with Gasteiger partial charge in [0.1, 0.15) is 17.1 Å². The topological polar surface area (TPSA) is 108 Å². The van der Waals surface area contributed by atoms with Crippen molar-refractivity contribution in [3.63, 3.8) is 0 Å². The number of nitrogens with one attached hydrogen (secondary N) is 1. The molecule has 0 saturated carbocycles. The van der Waals surface area contributed by atoms with E-state index in [1.807, 2.05) is 38.1 Å². The SMILES string of the molecule is COCOc1ccc(C)c(-n2c(N)c(C(=O)c3cc4c(Cl)cccc4[nH]3)c3nccnc32)c1C. The van der Waals surface area contributed by atoms with Crippen LogP contribution in [0.2, 0.25) is 5.02 Å². The number of ether oxygens (including phenoxy) is 2. The minimum Gasteiger partial charge on any atom is -0.467 e. The number of rotatable bonds is 6. The highest BCUT2D eigenvalue weighted by Gasteiger charge is 2.27. The van der Waals surface area contributed by atoms with Crippen LogP contribution in [0, 0.1) is 13.8 Å². The van der Waals surface area contributed by atoms with Gasteiger partial charge in [0, 0.05) is 41.0 Å². The summed E-state index contributed by atoms with van der Waals surface area (Å²) in [6, 6.07) is 11.0. The van der Waals surface area contributed by atoms with Gasteiger partial charge < -0.3 is 20.2 Å². The maximum atomic E-state index is 13.7. The highest BCUT2D eigenvalue weighted by atomic mass is 35.5. The van der Waals surface area contributed by atoms with Gasteiger partial charge in [-0.25, -0.2) is 4.98 Å². The van der Waals surface area contributed by atoms with Gasteiger partial charge in [-0.15, -0.1) is 0 Å². The van der Waals surface area contributed by atoms with Crippen LogP contribution in [0.4, 0.5) is 5.82 Å². The molecule has 0 unspecified atom stereocenters. The third kappa shape index (κ3) is 3.39. The lowest BCUT2D eigenvalue weighted by Gasteiger charge is -2.17. The van der Waals surface area contributed by atoms with Crippen molar-refractivity contribution in [2.75, 3.05) is 19.6 Å². The number of aromatic amines is 1. The standard InChI is InChI=1S/C25H22ClN5O3/c1-13-7-8-19(34-12-33-3)14(2)22(13)31-24(27)20(21-25(31)29-10-9-28-21)23(32)18-11-15-16(26)5-4-6-17(15)30-18/h4-11,30H,12,27H2,1-3H3. The molecule has 0 fully saturated rings. The van der Waals surface area contributed by atoms with E-state index >= 15 is 0 Å². The summed E-state index contributed by atoms with van der Waals surface area (Å²) in [6.07, 6.45) is 3.12. The normalized spacial score (nSPS) is 11.4. The number of carbonyl (C=O) groups is 1. The van der Waals surface area contributed by atoms with Crippen molar-refractivity contribution in [1.82, 2.24) is 19.5 Å². The number of nitrogens with zero attached hydrogens (tertiary/aromatic N) is 3. The quantitative estimate of drug-likeness (QED) is 0.265. The van der Waals surface area contributed by atoms with E-state index in [0.29, 0.717) is 27.6 Å². The van der Waals surface area contributed by atoms with Crippen LogP contribution in [0.15, 0.2) is 48.8 Å². The maximum absolute atomic E-state index is 13.7. The molecule has 5 aromatic rings. The Kier molecular flexibility index (Phi) is 5.47. The van der Waals surface area contributed by atoms with Crippen LogP contribution in [0.1, 0.15) is 27.2 Å². The van der Waals surface area contributed by atoms with Crippen LogP contribution in [-0.2, 0) is 4.74 Å². The molecule has 0 aliphatic carbocycles. The zero-order valence-corrected chi connectivity index (χ0v) is 19.6. The van der Waals surface area contributed by atoms with E-state index in [9.17, 15) is 4.79 Å². The first-order valence-corrected chi connectivity index (χ1v) is 10.9. The van der Waals surface area contributed by atoms with E-state index in [4.69, 9.17) is 26.8 Å². The molecule has 0 aliphatic heterocycles. The number of aromatic nitrogens is 4. The molecule has 3 N–H and O–H groups in total. The molecule has 0 saturated heterocycles. The summed E-state index contributed by atoms with van der Waals surface area (Å²) in [5.41, 5.74) is 11.5. The number of fused-ring (bicyclic) bond motifs is 2. The summed E-state index contributed by atoms with van der Waals surface area (Å²) >= 11 is 6.31. The number of carbonyl (C=O) groups excluding carboxylic acids is 1. The molecule has 3 heterocycles. The van der Waals surface area contributed by atoms with E-state index in [1.165, 1.54) is 0 Å². The number of aryl methyl sites for hydroxylation is 1. The Hall–Kier alpha value is -3.88. The molecular formula is C25H22ClN5O3. The number of ketones is 1. The number of hydrogen-bond acceptors (Lipinski definition) is 6. The number of H-pyrrole nitrogens is 1. The van der Waals surface area contributed by atoms with Gasteiger partial charge in [0.2, 0.25) is 5.78 Å². The Bertz CT molecular complexity index is 1570. The first-order chi connectivity index (χ1) is 16.4. The van der Waals surface area contributed by atoms with Crippen LogP contribution in [-0.4, -0.2) is 39.2 Å². The molecule has 0 bridgehead atoms. The smallest absolute Gasteiger partial charge is 0.215 e. The number of methoxy groups -OCH3 is 1. The van der Waals surface area contributed by atoms with Gasteiger partial charge in [-0.3, -0.25) is 14.3 Å². The van der Waals surface area contributed by atoms with Gasteiger partial charge in [-0.1, -0.05) is 23.7 Å². The summed E-state index contributed by atoms with van der Waals surface area (Å²) in [4.78, 5) is 25.8. The van der Waals surface area contributed by atoms with Gasteiger partial charge in [-0.05, 0) is 43.7 Å². The molecule has 5 rings (SSSR count). The summed E-state index contributed by atoms with van der Waals surface area (Å²) in [5.74, 6) is 0.591. The summed E-state index contributed by atoms with van der Waals surface area (Å²) < 4.78 is 12.5. The second-order valence-corrected chi connectivity index (χ2v) is 8.35. The summed E-state index contributed by atoms with van der Waals surface area (Å²) in [5, 5.41) is 1.32. The molecule has 0 spiro atoms. The third-order valence-corrected chi connectivity index (χ3v) is 6.18. The largest absolute Gasteiger partial charge is 0.467 e. The predicted molar refractivity (Wildman–Crippen MR) is 132 cm³/mol. The Labute approximate surface area is 200 Å². The fourth-order valence-corrected chi connectivity index (χ4v) is 4.51. The van der Waals surface area contributed by atoms with Crippen molar-refractivity contribution in [2.45, 2.75) is 13.8 Å². The minimum atomic E-state index is -0.295. The summed E-state index contributed by atoms with van der Waals surface area (Å²) in [6.45, 7) is 4.00. The third-order valence-electron chi connectivity index (χ3n) is 5.85. The van der Waals surface area contributed by atoms with E-state index in [1.54, 1.807) is 36.2 Å². The summed E-state index contributed by atoms with van der Waals surface area (Å²) in [7, 11) is 1.56. The molecule has 2 aromatic carbocycles. The van der Waals surface area contributed by atoms with Crippen molar-refractivity contribution >= 4 is 45.3 Å². The first-order valence-electron chi connectivity index (χ1n) is 10.6. The van der Waals surface area contributed by atoms with E-state index in [-0.39, 0.29) is 24.0 Å². The van der Waals surface area contributed by atoms with Gasteiger partial charge in [0.25, 0.3) is 0 Å². The van der Waals surface area contributed by atoms with Crippen molar-refractivity contribution in [3.05, 3.63) is 76.2 Å². The number of nitrogen functional groups attached to an aromatic ring is 1. The Balaban J connectivity index is 1.74. The molecule has 8 nitrogen and oxygen atoms in total. The van der Waals surface area contributed by atoms with Crippen molar-refractivity contribution in [1.29, 1.82) is 0 Å². The molecule has 0 atom stereocenters. The lowest BCUT2D eigenvalue weighted by molar-refractivity contribution is 0.0506.